The number of piperidine rings is 1. The van der Waals surface area contributed by atoms with Gasteiger partial charge in [-0.1, -0.05) is 60.7 Å². The van der Waals surface area contributed by atoms with Gasteiger partial charge in [0.25, 0.3) is 0 Å². The topological polar surface area (TPSA) is 29.5 Å². The maximum Gasteiger partial charge on any atom is 0.410 e. The van der Waals surface area contributed by atoms with E-state index >= 15 is 0 Å². The van der Waals surface area contributed by atoms with Gasteiger partial charge in [0, 0.05) is 13.1 Å². The lowest BCUT2D eigenvalue weighted by molar-refractivity contribution is 0.0819. The Morgan fingerprint density at radius 1 is 1.04 bits per heavy atom. The second-order valence-electron chi connectivity index (χ2n) is 6.18. The molecule has 1 unspecified atom stereocenters. The largest absolute Gasteiger partial charge is 0.445 e. The molecule has 2 aromatic carbocycles. The molecular weight excluding hydrogens is 322 g/mol. The third-order valence-corrected chi connectivity index (χ3v) is 5.14. The number of carbonyl (C=O) groups excluding carboxylic acids is 1. The van der Waals surface area contributed by atoms with Crippen molar-refractivity contribution in [3.8, 4) is 0 Å². The number of ether oxygens (including phenoxy) is 1. The zero-order valence-electron chi connectivity index (χ0n) is 13.6. The predicted octanol–water partition coefficient (Wildman–Crippen LogP) is 5.02. The Balaban J connectivity index is 1.47. The van der Waals surface area contributed by atoms with Crippen LogP contribution < -0.4 is 0 Å². The first-order valence-electron chi connectivity index (χ1n) is 8.38. The average Bonchev–Trinajstić information content (AvgIpc) is 2.67. The van der Waals surface area contributed by atoms with Crippen LogP contribution in [0.5, 0.6) is 0 Å². The van der Waals surface area contributed by atoms with Crippen molar-refractivity contribution in [3.63, 3.8) is 0 Å². The molecule has 0 aliphatic carbocycles. The van der Waals surface area contributed by atoms with Gasteiger partial charge in [-0.15, -0.1) is 11.6 Å². The van der Waals surface area contributed by atoms with Gasteiger partial charge in [-0.3, -0.25) is 0 Å². The number of carbonyl (C=O) groups is 1. The first kappa shape index (κ1) is 16.8. The highest BCUT2D eigenvalue weighted by Gasteiger charge is 2.28. The van der Waals surface area contributed by atoms with Crippen molar-refractivity contribution in [3.05, 3.63) is 71.8 Å². The van der Waals surface area contributed by atoms with Crippen LogP contribution in [-0.4, -0.2) is 24.1 Å². The first-order chi connectivity index (χ1) is 11.7. The first-order valence-corrected chi connectivity index (χ1v) is 8.82. The van der Waals surface area contributed by atoms with Gasteiger partial charge in [-0.2, -0.15) is 0 Å². The summed E-state index contributed by atoms with van der Waals surface area (Å²) >= 11 is 6.62. The molecule has 24 heavy (non-hydrogen) atoms. The minimum absolute atomic E-state index is 0.00805. The number of benzene rings is 2. The highest BCUT2D eigenvalue weighted by molar-refractivity contribution is 6.21. The zero-order valence-corrected chi connectivity index (χ0v) is 14.4. The number of amides is 1. The quantitative estimate of drug-likeness (QED) is 0.730. The highest BCUT2D eigenvalue weighted by atomic mass is 35.5. The lowest BCUT2D eigenvalue weighted by Crippen LogP contribution is -2.39. The minimum atomic E-state index is -0.233. The van der Waals surface area contributed by atoms with Crippen LogP contribution in [0.15, 0.2) is 60.7 Å². The van der Waals surface area contributed by atoms with E-state index in [2.05, 4.69) is 12.1 Å². The molecule has 0 N–H and O–H groups in total. The summed E-state index contributed by atoms with van der Waals surface area (Å²) in [5.74, 6) is 0.396. The standard InChI is InChI=1S/C20H22ClNO2/c21-19(17-9-5-2-6-10-17)18-11-13-22(14-12-18)20(23)24-15-16-7-3-1-4-8-16/h1-10,18-19H,11-15H2. The Bertz CT molecular complexity index is 639. The third-order valence-electron chi connectivity index (χ3n) is 4.53. The summed E-state index contributed by atoms with van der Waals surface area (Å²) in [6, 6.07) is 19.9. The smallest absolute Gasteiger partial charge is 0.410 e. The van der Waals surface area contributed by atoms with Crippen LogP contribution in [0.1, 0.15) is 29.3 Å². The van der Waals surface area contributed by atoms with Crippen molar-refractivity contribution >= 4 is 17.7 Å². The summed E-state index contributed by atoms with van der Waals surface area (Å²) in [5.41, 5.74) is 2.16. The Kier molecular flexibility index (Phi) is 5.76. The summed E-state index contributed by atoms with van der Waals surface area (Å²) < 4.78 is 5.40. The Morgan fingerprint density at radius 2 is 1.62 bits per heavy atom. The molecule has 126 valence electrons. The van der Waals surface area contributed by atoms with Crippen molar-refractivity contribution in [2.24, 2.45) is 5.92 Å². The lowest BCUT2D eigenvalue weighted by atomic mass is 9.90. The Morgan fingerprint density at radius 3 is 2.25 bits per heavy atom. The molecule has 3 rings (SSSR count). The summed E-state index contributed by atoms with van der Waals surface area (Å²) in [6.07, 6.45) is 1.58. The molecule has 1 aliphatic heterocycles. The van der Waals surface area contributed by atoms with Gasteiger partial charge in [0.1, 0.15) is 6.61 Å². The molecule has 0 spiro atoms. The van der Waals surface area contributed by atoms with Crippen molar-refractivity contribution in [2.45, 2.75) is 24.8 Å². The molecule has 1 amide bonds. The summed E-state index contributed by atoms with van der Waals surface area (Å²) in [7, 11) is 0. The Labute approximate surface area is 148 Å². The van der Waals surface area contributed by atoms with Crippen molar-refractivity contribution < 1.29 is 9.53 Å². The van der Waals surface area contributed by atoms with Gasteiger partial charge < -0.3 is 9.64 Å². The molecular formula is C20H22ClNO2. The molecule has 1 atom stereocenters. The van der Waals surface area contributed by atoms with E-state index in [-0.39, 0.29) is 11.5 Å². The number of likely N-dealkylation sites (tertiary alicyclic amines) is 1. The van der Waals surface area contributed by atoms with Gasteiger partial charge in [-0.25, -0.2) is 4.79 Å². The van der Waals surface area contributed by atoms with E-state index in [0.717, 1.165) is 24.0 Å². The second-order valence-corrected chi connectivity index (χ2v) is 6.65. The van der Waals surface area contributed by atoms with E-state index in [1.165, 1.54) is 0 Å². The SMILES string of the molecule is O=C(OCc1ccccc1)N1CCC(C(Cl)c2ccccc2)CC1. The molecule has 1 aliphatic rings. The maximum atomic E-state index is 12.2. The minimum Gasteiger partial charge on any atom is -0.445 e. The van der Waals surface area contributed by atoms with Crippen LogP contribution in [-0.2, 0) is 11.3 Å². The van der Waals surface area contributed by atoms with E-state index in [4.69, 9.17) is 16.3 Å². The number of halogens is 1. The van der Waals surface area contributed by atoms with E-state index in [9.17, 15) is 4.79 Å². The number of hydrogen-bond donors (Lipinski definition) is 0. The van der Waals surface area contributed by atoms with E-state index in [1.807, 2.05) is 48.5 Å². The summed E-state index contributed by atoms with van der Waals surface area (Å²) in [6.45, 7) is 1.73. The average molecular weight is 344 g/mol. The molecule has 4 heteroatoms. The summed E-state index contributed by atoms with van der Waals surface area (Å²) in [5, 5.41) is 0.00805. The van der Waals surface area contributed by atoms with E-state index in [0.29, 0.717) is 25.6 Å². The fourth-order valence-corrected chi connectivity index (χ4v) is 3.49. The number of hydrogen-bond acceptors (Lipinski definition) is 2. The molecule has 1 saturated heterocycles. The number of nitrogens with zero attached hydrogens (tertiary/aromatic N) is 1. The van der Waals surface area contributed by atoms with Gasteiger partial charge in [0.05, 0.1) is 5.38 Å². The monoisotopic (exact) mass is 343 g/mol. The van der Waals surface area contributed by atoms with Gasteiger partial charge in [0.15, 0.2) is 0 Å². The van der Waals surface area contributed by atoms with Crippen LogP contribution in [0.3, 0.4) is 0 Å². The van der Waals surface area contributed by atoms with Crippen molar-refractivity contribution in [1.29, 1.82) is 0 Å². The molecule has 0 saturated carbocycles. The molecule has 0 radical (unpaired) electrons. The van der Waals surface area contributed by atoms with Crippen LogP contribution in [0.2, 0.25) is 0 Å². The van der Waals surface area contributed by atoms with Crippen LogP contribution in [0.4, 0.5) is 4.79 Å². The summed E-state index contributed by atoms with van der Waals surface area (Å²) in [4.78, 5) is 14.0. The highest BCUT2D eigenvalue weighted by Crippen LogP contribution is 2.35. The predicted molar refractivity (Wildman–Crippen MR) is 96.0 cm³/mol. The van der Waals surface area contributed by atoms with E-state index < -0.39 is 0 Å². The number of alkyl halides is 1. The van der Waals surface area contributed by atoms with Gasteiger partial charge in [0.2, 0.25) is 0 Å². The van der Waals surface area contributed by atoms with Crippen molar-refractivity contribution in [1.82, 2.24) is 4.90 Å². The van der Waals surface area contributed by atoms with E-state index in [1.54, 1.807) is 4.90 Å². The van der Waals surface area contributed by atoms with Gasteiger partial charge >= 0.3 is 6.09 Å². The fourth-order valence-electron chi connectivity index (χ4n) is 3.09. The van der Waals surface area contributed by atoms with Gasteiger partial charge in [-0.05, 0) is 29.9 Å². The lowest BCUT2D eigenvalue weighted by Gasteiger charge is -2.33. The van der Waals surface area contributed by atoms with Crippen LogP contribution in [0, 0.1) is 5.92 Å². The zero-order chi connectivity index (χ0) is 16.8. The Hall–Kier alpha value is -2.00. The van der Waals surface area contributed by atoms with Crippen molar-refractivity contribution in [2.75, 3.05) is 13.1 Å². The van der Waals surface area contributed by atoms with Crippen LogP contribution >= 0.6 is 11.6 Å². The second kappa shape index (κ2) is 8.20. The molecule has 0 aromatic heterocycles. The molecule has 1 heterocycles. The maximum absolute atomic E-state index is 12.2. The normalized spacial score (nSPS) is 16.6. The molecule has 1 fully saturated rings. The molecule has 2 aromatic rings. The third kappa shape index (κ3) is 4.30. The molecule has 0 bridgehead atoms. The number of rotatable bonds is 4. The molecule has 3 nitrogen and oxygen atoms in total. The fraction of sp³-hybridized carbons (Fsp3) is 0.350. The van der Waals surface area contributed by atoms with Crippen LogP contribution in [0.25, 0.3) is 0 Å².